The number of anilines is 2. The zero-order valence-corrected chi connectivity index (χ0v) is 19.2. The van der Waals surface area contributed by atoms with Gasteiger partial charge in [-0.05, 0) is 55.2 Å². The van der Waals surface area contributed by atoms with Crippen LogP contribution in [0.5, 0.6) is 0 Å². The molecule has 162 valence electrons. The molecule has 30 heavy (non-hydrogen) atoms. The largest absolute Gasteiger partial charge is 0.338 e. The number of hydrogen-bond acceptors (Lipinski definition) is 2. The molecule has 0 saturated carbocycles. The fourth-order valence-electron chi connectivity index (χ4n) is 2.52. The third kappa shape index (κ3) is 8.48. The van der Waals surface area contributed by atoms with Gasteiger partial charge in [0.05, 0.1) is 20.1 Å². The topological polar surface area (TPSA) is 82.3 Å². The van der Waals surface area contributed by atoms with Crippen molar-refractivity contribution in [2.45, 2.75) is 19.8 Å². The fourth-order valence-corrected chi connectivity index (χ4v) is 3.12. The number of rotatable bonds is 8. The van der Waals surface area contributed by atoms with Gasteiger partial charge in [-0.1, -0.05) is 53.3 Å². The summed E-state index contributed by atoms with van der Waals surface area (Å²) in [7, 11) is 0. The van der Waals surface area contributed by atoms with Crippen LogP contribution in [-0.2, 0) is 0 Å². The van der Waals surface area contributed by atoms with E-state index < -0.39 is 0 Å². The van der Waals surface area contributed by atoms with Crippen LogP contribution >= 0.6 is 46.4 Å². The molecular formula is C20H22Cl4N4O2. The molecule has 2 aromatic rings. The minimum absolute atomic E-state index is 0.240. The van der Waals surface area contributed by atoms with Crippen molar-refractivity contribution in [2.75, 3.05) is 23.7 Å². The molecule has 0 bridgehead atoms. The first kappa shape index (κ1) is 24.4. The van der Waals surface area contributed by atoms with Crippen molar-refractivity contribution in [3.8, 4) is 0 Å². The van der Waals surface area contributed by atoms with Gasteiger partial charge in [-0.3, -0.25) is 0 Å². The number of amides is 4. The molecule has 2 rings (SSSR count). The number of carbonyl (C=O) groups excluding carboxylic acids is 2. The van der Waals surface area contributed by atoms with E-state index in [9.17, 15) is 9.59 Å². The third-order valence-corrected chi connectivity index (χ3v) is 5.60. The van der Waals surface area contributed by atoms with Gasteiger partial charge in [0.2, 0.25) is 0 Å². The molecule has 6 nitrogen and oxygen atoms in total. The summed E-state index contributed by atoms with van der Waals surface area (Å²) in [5.41, 5.74) is 1.12. The minimum Gasteiger partial charge on any atom is -0.338 e. The molecule has 0 fully saturated rings. The maximum Gasteiger partial charge on any atom is 0.319 e. The average molecular weight is 492 g/mol. The maximum atomic E-state index is 12.0. The van der Waals surface area contributed by atoms with Crippen molar-refractivity contribution >= 4 is 69.8 Å². The van der Waals surface area contributed by atoms with Gasteiger partial charge < -0.3 is 21.3 Å². The van der Waals surface area contributed by atoms with Gasteiger partial charge in [0.25, 0.3) is 0 Å². The number of carbonyl (C=O) groups is 2. The standard InChI is InChI=1S/C20H22Cl4N4O2/c1-12(11-26-20(30)28-14-5-7-16(22)18(24)10-14)3-2-8-25-19(29)27-13-4-6-15(21)17(23)9-13/h4-7,9-10,12H,2-3,8,11H2,1H3,(H2,25,27,29)(H2,26,28,30)/t12-/m1/s1. The highest BCUT2D eigenvalue weighted by Gasteiger charge is 2.08. The van der Waals surface area contributed by atoms with Gasteiger partial charge in [0, 0.05) is 24.5 Å². The lowest BCUT2D eigenvalue weighted by atomic mass is 10.1. The van der Waals surface area contributed by atoms with Gasteiger partial charge in [0.1, 0.15) is 0 Å². The molecule has 0 aliphatic heterocycles. The van der Waals surface area contributed by atoms with Crippen molar-refractivity contribution in [1.29, 1.82) is 0 Å². The highest BCUT2D eigenvalue weighted by atomic mass is 35.5. The lowest BCUT2D eigenvalue weighted by Gasteiger charge is -2.14. The number of hydrogen-bond donors (Lipinski definition) is 4. The van der Waals surface area contributed by atoms with Crippen LogP contribution in [-0.4, -0.2) is 25.2 Å². The van der Waals surface area contributed by atoms with Crippen molar-refractivity contribution in [3.05, 3.63) is 56.5 Å². The number of halogens is 4. The minimum atomic E-state index is -0.320. The van der Waals surface area contributed by atoms with Crippen LogP contribution in [0.3, 0.4) is 0 Å². The molecule has 0 aliphatic rings. The number of nitrogens with one attached hydrogen (secondary N) is 4. The van der Waals surface area contributed by atoms with E-state index in [0.717, 1.165) is 12.8 Å². The predicted octanol–water partition coefficient (Wildman–Crippen LogP) is 6.66. The fraction of sp³-hybridized carbons (Fsp3) is 0.300. The Hall–Kier alpha value is -1.86. The van der Waals surface area contributed by atoms with Crippen molar-refractivity contribution < 1.29 is 9.59 Å². The Morgan fingerprint density at radius 3 is 1.80 bits per heavy atom. The Morgan fingerprint density at radius 2 is 1.30 bits per heavy atom. The molecule has 2 aromatic carbocycles. The first-order chi connectivity index (χ1) is 14.2. The Kier molecular flexibility index (Phi) is 9.85. The molecule has 0 radical (unpaired) electrons. The molecule has 4 N–H and O–H groups in total. The second-order valence-corrected chi connectivity index (χ2v) is 8.35. The second kappa shape index (κ2) is 12.1. The summed E-state index contributed by atoms with van der Waals surface area (Å²) in [5.74, 6) is 0.240. The van der Waals surface area contributed by atoms with Gasteiger partial charge in [-0.15, -0.1) is 0 Å². The highest BCUT2D eigenvalue weighted by molar-refractivity contribution is 6.42. The molecular weight excluding hydrogens is 470 g/mol. The Labute approximate surface area is 195 Å². The molecule has 0 aromatic heterocycles. The summed E-state index contributed by atoms with van der Waals surface area (Å²) in [6.07, 6.45) is 1.60. The van der Waals surface area contributed by atoms with E-state index in [2.05, 4.69) is 21.3 Å². The average Bonchev–Trinajstić information content (AvgIpc) is 2.69. The molecule has 1 atom stereocenters. The van der Waals surface area contributed by atoms with E-state index in [0.29, 0.717) is 44.6 Å². The van der Waals surface area contributed by atoms with Crippen molar-refractivity contribution in [2.24, 2.45) is 5.92 Å². The SMILES string of the molecule is C[C@H](CCCNC(=O)Nc1ccc(Cl)c(Cl)c1)CNC(=O)Nc1ccc(Cl)c(Cl)c1. The quantitative estimate of drug-likeness (QED) is 0.311. The molecule has 4 amide bonds. The zero-order chi connectivity index (χ0) is 22.1. The summed E-state index contributed by atoms with van der Waals surface area (Å²) < 4.78 is 0. The van der Waals surface area contributed by atoms with Crippen LogP contribution in [0.15, 0.2) is 36.4 Å². The van der Waals surface area contributed by atoms with Gasteiger partial charge in [0.15, 0.2) is 0 Å². The molecule has 0 unspecified atom stereocenters. The summed E-state index contributed by atoms with van der Waals surface area (Å²) in [6.45, 7) is 3.03. The smallest absolute Gasteiger partial charge is 0.319 e. The normalized spacial score (nSPS) is 11.5. The van der Waals surface area contributed by atoms with Gasteiger partial charge >= 0.3 is 12.1 Å². The van der Waals surface area contributed by atoms with Crippen LogP contribution in [0.2, 0.25) is 20.1 Å². The summed E-state index contributed by atoms with van der Waals surface area (Å²) in [5, 5.41) is 12.6. The van der Waals surface area contributed by atoms with Crippen molar-refractivity contribution in [3.63, 3.8) is 0 Å². The predicted molar refractivity (Wildman–Crippen MR) is 125 cm³/mol. The van der Waals surface area contributed by atoms with Crippen LogP contribution < -0.4 is 21.3 Å². The summed E-state index contributed by atoms with van der Waals surface area (Å²) in [4.78, 5) is 23.9. The Morgan fingerprint density at radius 1 is 0.800 bits per heavy atom. The number of benzene rings is 2. The molecule has 0 saturated heterocycles. The van der Waals surface area contributed by atoms with Gasteiger partial charge in [-0.25, -0.2) is 9.59 Å². The Bertz CT molecular complexity index is 895. The van der Waals surface area contributed by atoms with Crippen molar-refractivity contribution in [1.82, 2.24) is 10.6 Å². The molecule has 10 heteroatoms. The van der Waals surface area contributed by atoms with Crippen LogP contribution in [0.1, 0.15) is 19.8 Å². The maximum absolute atomic E-state index is 12.0. The summed E-state index contributed by atoms with van der Waals surface area (Å²) >= 11 is 23.5. The van der Waals surface area contributed by atoms with Crippen LogP contribution in [0, 0.1) is 5.92 Å². The lowest BCUT2D eigenvalue weighted by Crippen LogP contribution is -2.33. The highest BCUT2D eigenvalue weighted by Crippen LogP contribution is 2.25. The van der Waals surface area contributed by atoms with E-state index in [1.54, 1.807) is 36.4 Å². The van der Waals surface area contributed by atoms with E-state index in [1.807, 2.05) is 6.92 Å². The lowest BCUT2D eigenvalue weighted by molar-refractivity contribution is 0.250. The molecule has 0 aliphatic carbocycles. The van der Waals surface area contributed by atoms with E-state index in [-0.39, 0.29) is 18.0 Å². The first-order valence-corrected chi connectivity index (χ1v) is 10.8. The number of urea groups is 2. The van der Waals surface area contributed by atoms with E-state index in [1.165, 1.54) is 0 Å². The van der Waals surface area contributed by atoms with Gasteiger partial charge in [-0.2, -0.15) is 0 Å². The first-order valence-electron chi connectivity index (χ1n) is 9.24. The molecule has 0 heterocycles. The van der Waals surface area contributed by atoms with Crippen LogP contribution in [0.4, 0.5) is 21.0 Å². The second-order valence-electron chi connectivity index (χ2n) is 6.72. The monoisotopic (exact) mass is 490 g/mol. The summed E-state index contributed by atoms with van der Waals surface area (Å²) in [6, 6.07) is 9.11. The zero-order valence-electron chi connectivity index (χ0n) is 16.2. The van der Waals surface area contributed by atoms with E-state index >= 15 is 0 Å². The van der Waals surface area contributed by atoms with Crippen LogP contribution in [0.25, 0.3) is 0 Å². The van der Waals surface area contributed by atoms with E-state index in [4.69, 9.17) is 46.4 Å². The molecule has 0 spiro atoms. The Balaban J connectivity index is 1.60. The third-order valence-electron chi connectivity index (χ3n) is 4.13.